The fraction of sp³-hybridized carbons (Fsp3) is 0.333. The Kier molecular flexibility index (Phi) is 6.58. The van der Waals surface area contributed by atoms with Gasteiger partial charge in [0, 0.05) is 36.1 Å². The number of methoxy groups -OCH3 is 1. The third-order valence-corrected chi connectivity index (χ3v) is 6.70. The summed E-state index contributed by atoms with van der Waals surface area (Å²) < 4.78 is 5.40. The van der Waals surface area contributed by atoms with E-state index in [-0.39, 0.29) is 5.75 Å². The zero-order valence-corrected chi connectivity index (χ0v) is 19.3. The van der Waals surface area contributed by atoms with E-state index < -0.39 is 6.10 Å². The van der Waals surface area contributed by atoms with Crippen molar-refractivity contribution in [1.82, 2.24) is 20.2 Å². The number of pyridine rings is 2. The summed E-state index contributed by atoms with van der Waals surface area (Å²) in [6.45, 7) is 2.98. The molecule has 0 bridgehead atoms. The molecule has 2 aromatic heterocycles. The van der Waals surface area contributed by atoms with Crippen LogP contribution in [0.3, 0.4) is 0 Å². The lowest BCUT2D eigenvalue weighted by atomic mass is 10.00. The van der Waals surface area contributed by atoms with Gasteiger partial charge in [0.1, 0.15) is 17.0 Å². The molecular formula is C27H30N4O3. The van der Waals surface area contributed by atoms with Crippen LogP contribution in [0.4, 0.5) is 0 Å². The van der Waals surface area contributed by atoms with Gasteiger partial charge in [0.05, 0.1) is 24.4 Å². The summed E-state index contributed by atoms with van der Waals surface area (Å²) in [5.74, 6) is 0.925. The molecule has 1 aliphatic heterocycles. The number of aromatic nitrogens is 2. The average Bonchev–Trinajstić information content (AvgIpc) is 2.88. The van der Waals surface area contributed by atoms with Crippen molar-refractivity contribution in [3.05, 3.63) is 72.1 Å². The number of nitrogens with one attached hydrogen (secondary N) is 1. The van der Waals surface area contributed by atoms with Gasteiger partial charge in [-0.1, -0.05) is 18.2 Å². The number of fused-ring (bicyclic) bond motifs is 2. The highest BCUT2D eigenvalue weighted by molar-refractivity contribution is 5.84. The van der Waals surface area contributed by atoms with Crippen molar-refractivity contribution >= 4 is 21.8 Å². The molecule has 3 heterocycles. The molecule has 0 unspecified atom stereocenters. The Morgan fingerprint density at radius 1 is 1.12 bits per heavy atom. The standard InChI is InChI=1S/C27H30N4O3/c1-34-21-7-8-24-23(15-21)22(11-14-29-24)26(33)17-31(20-9-12-28-13-10-20)16-19-6-5-18-3-2-4-25(32)27(18)30-19/h2-8,11,14-15,20,26,28,32-33H,9-10,12-13,16-17H2,1H3/t26-/m1/s1. The number of piperidine rings is 1. The second-order valence-electron chi connectivity index (χ2n) is 8.86. The van der Waals surface area contributed by atoms with E-state index >= 15 is 0 Å². The van der Waals surface area contributed by atoms with Crippen LogP contribution in [0.1, 0.15) is 30.2 Å². The van der Waals surface area contributed by atoms with Gasteiger partial charge >= 0.3 is 0 Å². The second kappa shape index (κ2) is 9.93. The normalized spacial score (nSPS) is 15.7. The SMILES string of the molecule is COc1ccc2nccc([C@H](O)CN(Cc3ccc4cccc(O)c4n3)C3CCNCC3)c2c1. The van der Waals surface area contributed by atoms with E-state index in [1.54, 1.807) is 19.4 Å². The lowest BCUT2D eigenvalue weighted by Crippen LogP contribution is -2.44. The zero-order valence-electron chi connectivity index (χ0n) is 19.3. The van der Waals surface area contributed by atoms with E-state index in [9.17, 15) is 10.2 Å². The van der Waals surface area contributed by atoms with Crippen molar-refractivity contribution in [1.29, 1.82) is 0 Å². The summed E-state index contributed by atoms with van der Waals surface area (Å²) in [6, 6.07) is 17.4. The third kappa shape index (κ3) is 4.68. The maximum atomic E-state index is 11.4. The quantitative estimate of drug-likeness (QED) is 0.388. The van der Waals surface area contributed by atoms with Crippen molar-refractivity contribution in [3.63, 3.8) is 0 Å². The summed E-state index contributed by atoms with van der Waals surface area (Å²) in [5.41, 5.74) is 3.16. The Labute approximate surface area is 199 Å². The fourth-order valence-electron chi connectivity index (χ4n) is 4.87. The van der Waals surface area contributed by atoms with Crippen LogP contribution < -0.4 is 10.1 Å². The highest BCUT2D eigenvalue weighted by Crippen LogP contribution is 2.29. The van der Waals surface area contributed by atoms with Gasteiger partial charge in [0.25, 0.3) is 0 Å². The Bertz CT molecular complexity index is 1290. The van der Waals surface area contributed by atoms with E-state index in [0.717, 1.165) is 59.2 Å². The molecule has 176 valence electrons. The Balaban J connectivity index is 1.45. The molecule has 2 aromatic carbocycles. The molecule has 7 nitrogen and oxygen atoms in total. The van der Waals surface area contributed by atoms with Gasteiger partial charge in [0.2, 0.25) is 0 Å². The first-order chi connectivity index (χ1) is 16.6. The van der Waals surface area contributed by atoms with Crippen LogP contribution in [-0.2, 0) is 6.54 Å². The van der Waals surface area contributed by atoms with E-state index in [1.807, 2.05) is 48.5 Å². The van der Waals surface area contributed by atoms with Gasteiger partial charge < -0.3 is 20.3 Å². The maximum absolute atomic E-state index is 11.4. The first-order valence-electron chi connectivity index (χ1n) is 11.8. The molecule has 1 fully saturated rings. The second-order valence-corrected chi connectivity index (χ2v) is 8.86. The van der Waals surface area contributed by atoms with E-state index in [0.29, 0.717) is 24.6 Å². The van der Waals surface area contributed by atoms with Crippen LogP contribution >= 0.6 is 0 Å². The molecule has 1 saturated heterocycles. The molecule has 0 saturated carbocycles. The van der Waals surface area contributed by atoms with Gasteiger partial charge in [-0.15, -0.1) is 0 Å². The van der Waals surface area contributed by atoms with E-state index in [1.165, 1.54) is 0 Å². The number of aliphatic hydroxyl groups excluding tert-OH is 1. The van der Waals surface area contributed by atoms with Gasteiger partial charge in [-0.25, -0.2) is 4.98 Å². The van der Waals surface area contributed by atoms with Crippen LogP contribution in [0, 0.1) is 0 Å². The van der Waals surface area contributed by atoms with Crippen LogP contribution in [0.5, 0.6) is 11.5 Å². The Hall–Kier alpha value is -3.26. The highest BCUT2D eigenvalue weighted by Gasteiger charge is 2.25. The number of ether oxygens (including phenoxy) is 1. The summed E-state index contributed by atoms with van der Waals surface area (Å²) in [4.78, 5) is 11.5. The molecule has 0 amide bonds. The highest BCUT2D eigenvalue weighted by atomic mass is 16.5. The number of aromatic hydroxyl groups is 1. The number of para-hydroxylation sites is 1. The maximum Gasteiger partial charge on any atom is 0.141 e. The minimum absolute atomic E-state index is 0.185. The lowest BCUT2D eigenvalue weighted by molar-refractivity contribution is 0.0698. The molecule has 0 spiro atoms. The first-order valence-corrected chi connectivity index (χ1v) is 11.8. The molecule has 7 heteroatoms. The van der Waals surface area contributed by atoms with E-state index in [4.69, 9.17) is 9.72 Å². The number of benzene rings is 2. The molecule has 34 heavy (non-hydrogen) atoms. The van der Waals surface area contributed by atoms with Crippen molar-refractivity contribution in [2.75, 3.05) is 26.7 Å². The minimum Gasteiger partial charge on any atom is -0.506 e. The summed E-state index contributed by atoms with van der Waals surface area (Å²) in [7, 11) is 1.64. The minimum atomic E-state index is -0.693. The monoisotopic (exact) mass is 458 g/mol. The topological polar surface area (TPSA) is 90.7 Å². The molecule has 1 aliphatic rings. The Morgan fingerprint density at radius 3 is 2.79 bits per heavy atom. The lowest BCUT2D eigenvalue weighted by Gasteiger charge is -2.36. The van der Waals surface area contributed by atoms with Crippen LogP contribution in [0.15, 0.2) is 60.8 Å². The molecule has 1 atom stereocenters. The average molecular weight is 459 g/mol. The third-order valence-electron chi connectivity index (χ3n) is 6.70. The zero-order chi connectivity index (χ0) is 23.5. The summed E-state index contributed by atoms with van der Waals surface area (Å²) >= 11 is 0. The molecular weight excluding hydrogens is 428 g/mol. The van der Waals surface area contributed by atoms with Crippen molar-refractivity contribution in [3.8, 4) is 11.5 Å². The number of aliphatic hydroxyl groups is 1. The van der Waals surface area contributed by atoms with E-state index in [2.05, 4.69) is 15.2 Å². The van der Waals surface area contributed by atoms with Gasteiger partial charge in [-0.2, -0.15) is 0 Å². The number of hydrogen-bond donors (Lipinski definition) is 3. The number of hydrogen-bond acceptors (Lipinski definition) is 7. The van der Waals surface area contributed by atoms with Crippen molar-refractivity contribution in [2.24, 2.45) is 0 Å². The number of rotatable bonds is 7. The van der Waals surface area contributed by atoms with Crippen molar-refractivity contribution in [2.45, 2.75) is 31.5 Å². The smallest absolute Gasteiger partial charge is 0.141 e. The van der Waals surface area contributed by atoms with Crippen molar-refractivity contribution < 1.29 is 14.9 Å². The predicted octanol–water partition coefficient (Wildman–Crippen LogP) is 3.78. The van der Waals surface area contributed by atoms with Gasteiger partial charge in [-0.05, 0) is 67.9 Å². The Morgan fingerprint density at radius 2 is 1.97 bits per heavy atom. The number of phenolic OH excluding ortho intramolecular Hbond substituents is 1. The molecule has 3 N–H and O–H groups in total. The molecule has 0 aliphatic carbocycles. The summed E-state index contributed by atoms with van der Waals surface area (Å²) in [5, 5.41) is 26.9. The summed E-state index contributed by atoms with van der Waals surface area (Å²) in [6.07, 6.45) is 3.07. The van der Waals surface area contributed by atoms with Gasteiger partial charge in [-0.3, -0.25) is 9.88 Å². The number of nitrogens with zero attached hydrogens (tertiary/aromatic N) is 3. The van der Waals surface area contributed by atoms with Crippen LogP contribution in [0.2, 0.25) is 0 Å². The fourth-order valence-corrected chi connectivity index (χ4v) is 4.87. The van der Waals surface area contributed by atoms with Crippen LogP contribution in [-0.4, -0.2) is 57.9 Å². The van der Waals surface area contributed by atoms with Crippen LogP contribution in [0.25, 0.3) is 21.8 Å². The molecule has 0 radical (unpaired) electrons. The van der Waals surface area contributed by atoms with Gasteiger partial charge in [0.15, 0.2) is 0 Å². The molecule has 5 rings (SSSR count). The number of phenols is 1. The largest absolute Gasteiger partial charge is 0.506 e. The predicted molar refractivity (Wildman–Crippen MR) is 133 cm³/mol. The molecule has 4 aromatic rings. The first kappa shape index (κ1) is 22.5.